The van der Waals surface area contributed by atoms with Crippen LogP contribution in [0.1, 0.15) is 21.5 Å². The van der Waals surface area contributed by atoms with E-state index >= 15 is 0 Å². The minimum Gasteiger partial charge on any atom is -0.343 e. The predicted octanol–water partition coefficient (Wildman–Crippen LogP) is 4.21. The number of carbonyl (C=O) groups is 2. The number of rotatable bonds is 8. The van der Waals surface area contributed by atoms with Gasteiger partial charge in [-0.1, -0.05) is 78.3 Å². The van der Waals surface area contributed by atoms with Crippen molar-refractivity contribution in [1.29, 1.82) is 0 Å². The summed E-state index contributed by atoms with van der Waals surface area (Å²) < 4.78 is 0. The summed E-state index contributed by atoms with van der Waals surface area (Å²) in [6, 6.07) is 23.0. The molecule has 0 heterocycles. The molecule has 7 nitrogen and oxygen atoms in total. The molecule has 0 spiro atoms. The SMILES string of the molecule is O=C(NCC(=O)N(Cc1ccccc1)Cc1ccccc1)c1c(Cl)cccc1[N+](=O)[O-]. The van der Waals surface area contributed by atoms with Crippen LogP contribution in [0.2, 0.25) is 5.02 Å². The van der Waals surface area contributed by atoms with Crippen molar-refractivity contribution in [2.45, 2.75) is 13.1 Å². The van der Waals surface area contributed by atoms with Gasteiger partial charge in [0.1, 0.15) is 5.56 Å². The summed E-state index contributed by atoms with van der Waals surface area (Å²) in [6.07, 6.45) is 0. The van der Waals surface area contributed by atoms with Crippen molar-refractivity contribution in [3.63, 3.8) is 0 Å². The number of amides is 2. The van der Waals surface area contributed by atoms with E-state index in [2.05, 4.69) is 5.32 Å². The van der Waals surface area contributed by atoms with Crippen molar-refractivity contribution in [2.24, 2.45) is 0 Å². The largest absolute Gasteiger partial charge is 0.343 e. The van der Waals surface area contributed by atoms with Crippen LogP contribution >= 0.6 is 11.6 Å². The third kappa shape index (κ3) is 5.90. The monoisotopic (exact) mass is 437 g/mol. The van der Waals surface area contributed by atoms with Gasteiger partial charge in [-0.15, -0.1) is 0 Å². The molecular formula is C23H20ClN3O4. The standard InChI is InChI=1S/C23H20ClN3O4/c24-19-12-7-13-20(27(30)31)22(19)23(29)25-14-21(28)26(15-17-8-3-1-4-9-17)16-18-10-5-2-6-11-18/h1-13H,14-16H2,(H,25,29). The number of nitro groups is 1. The predicted molar refractivity (Wildman–Crippen MR) is 118 cm³/mol. The fourth-order valence-corrected chi connectivity index (χ4v) is 3.34. The Hall–Kier alpha value is -3.71. The molecule has 0 aliphatic carbocycles. The molecule has 1 N–H and O–H groups in total. The van der Waals surface area contributed by atoms with E-state index in [0.29, 0.717) is 13.1 Å². The van der Waals surface area contributed by atoms with Gasteiger partial charge >= 0.3 is 0 Å². The van der Waals surface area contributed by atoms with Gasteiger partial charge in [0.15, 0.2) is 0 Å². The first-order valence-corrected chi connectivity index (χ1v) is 9.90. The van der Waals surface area contributed by atoms with Gasteiger partial charge in [0.05, 0.1) is 16.5 Å². The lowest BCUT2D eigenvalue weighted by molar-refractivity contribution is -0.385. The lowest BCUT2D eigenvalue weighted by Gasteiger charge is -2.23. The van der Waals surface area contributed by atoms with E-state index in [1.807, 2.05) is 60.7 Å². The number of halogens is 1. The summed E-state index contributed by atoms with van der Waals surface area (Å²) >= 11 is 6.00. The molecule has 0 unspecified atom stereocenters. The fourth-order valence-electron chi connectivity index (χ4n) is 3.09. The van der Waals surface area contributed by atoms with E-state index in [1.165, 1.54) is 18.2 Å². The molecule has 0 fully saturated rings. The molecule has 158 valence electrons. The van der Waals surface area contributed by atoms with E-state index in [9.17, 15) is 19.7 Å². The molecule has 0 bridgehead atoms. The maximum Gasteiger partial charge on any atom is 0.283 e. The first-order chi connectivity index (χ1) is 15.0. The van der Waals surface area contributed by atoms with Gasteiger partial charge in [-0.3, -0.25) is 19.7 Å². The Kier molecular flexibility index (Phi) is 7.35. The van der Waals surface area contributed by atoms with Crippen LogP contribution in [0.4, 0.5) is 5.69 Å². The van der Waals surface area contributed by atoms with Gasteiger partial charge in [-0.25, -0.2) is 0 Å². The van der Waals surface area contributed by atoms with Crippen LogP contribution in [0.25, 0.3) is 0 Å². The number of hydrogen-bond acceptors (Lipinski definition) is 4. The average Bonchev–Trinajstić information content (AvgIpc) is 2.78. The molecule has 0 saturated heterocycles. The maximum atomic E-state index is 12.9. The first-order valence-electron chi connectivity index (χ1n) is 9.52. The number of carbonyl (C=O) groups excluding carboxylic acids is 2. The van der Waals surface area contributed by atoms with E-state index < -0.39 is 16.5 Å². The van der Waals surface area contributed by atoms with E-state index in [1.54, 1.807) is 4.90 Å². The Bertz CT molecular complexity index is 1030. The highest BCUT2D eigenvalue weighted by molar-refractivity contribution is 6.34. The minimum absolute atomic E-state index is 0.0513. The van der Waals surface area contributed by atoms with Crippen molar-refractivity contribution in [3.8, 4) is 0 Å². The number of nitrogens with one attached hydrogen (secondary N) is 1. The molecule has 0 atom stereocenters. The summed E-state index contributed by atoms with van der Waals surface area (Å²) in [5.41, 5.74) is 1.21. The highest BCUT2D eigenvalue weighted by Crippen LogP contribution is 2.26. The molecule has 31 heavy (non-hydrogen) atoms. The average molecular weight is 438 g/mol. The zero-order valence-electron chi connectivity index (χ0n) is 16.5. The second-order valence-corrected chi connectivity index (χ2v) is 7.20. The molecular weight excluding hydrogens is 418 g/mol. The summed E-state index contributed by atoms with van der Waals surface area (Å²) in [5, 5.41) is 13.6. The quantitative estimate of drug-likeness (QED) is 0.422. The lowest BCUT2D eigenvalue weighted by Crippen LogP contribution is -2.39. The molecule has 0 saturated carbocycles. The Morgan fingerprint density at radius 3 is 1.94 bits per heavy atom. The zero-order chi connectivity index (χ0) is 22.2. The highest BCUT2D eigenvalue weighted by Gasteiger charge is 2.24. The van der Waals surface area contributed by atoms with Crippen molar-refractivity contribution in [2.75, 3.05) is 6.54 Å². The second-order valence-electron chi connectivity index (χ2n) is 6.79. The van der Waals surface area contributed by atoms with Crippen LogP contribution in [-0.4, -0.2) is 28.2 Å². The summed E-state index contributed by atoms with van der Waals surface area (Å²) in [7, 11) is 0. The van der Waals surface area contributed by atoms with Crippen LogP contribution in [0, 0.1) is 10.1 Å². The molecule has 3 aromatic rings. The molecule has 0 aromatic heterocycles. The van der Waals surface area contributed by atoms with Gasteiger partial charge in [-0.05, 0) is 17.2 Å². The van der Waals surface area contributed by atoms with Crippen LogP contribution in [0.3, 0.4) is 0 Å². The van der Waals surface area contributed by atoms with Gasteiger partial charge in [0, 0.05) is 19.2 Å². The van der Waals surface area contributed by atoms with Crippen molar-refractivity contribution >= 4 is 29.1 Å². The molecule has 0 aliphatic heterocycles. The van der Waals surface area contributed by atoms with Gasteiger partial charge in [0.2, 0.25) is 5.91 Å². The molecule has 2 amide bonds. The van der Waals surface area contributed by atoms with E-state index in [-0.39, 0.29) is 23.0 Å². The number of hydrogen-bond donors (Lipinski definition) is 1. The Morgan fingerprint density at radius 2 is 1.42 bits per heavy atom. The number of benzene rings is 3. The number of nitrogens with zero attached hydrogens (tertiary/aromatic N) is 2. The van der Waals surface area contributed by atoms with Crippen molar-refractivity contribution in [1.82, 2.24) is 10.2 Å². The number of nitro benzene ring substituents is 1. The Morgan fingerprint density at radius 1 is 0.871 bits per heavy atom. The fraction of sp³-hybridized carbons (Fsp3) is 0.130. The topological polar surface area (TPSA) is 92.6 Å². The first kappa shape index (κ1) is 22.0. The molecule has 8 heteroatoms. The Balaban J connectivity index is 1.74. The third-order valence-electron chi connectivity index (χ3n) is 4.60. The van der Waals surface area contributed by atoms with E-state index in [0.717, 1.165) is 11.1 Å². The highest BCUT2D eigenvalue weighted by atomic mass is 35.5. The minimum atomic E-state index is -0.773. The maximum absolute atomic E-state index is 12.9. The zero-order valence-corrected chi connectivity index (χ0v) is 17.3. The van der Waals surface area contributed by atoms with Crippen LogP contribution in [0.15, 0.2) is 78.9 Å². The van der Waals surface area contributed by atoms with Gasteiger partial charge in [0.25, 0.3) is 11.6 Å². The molecule has 0 radical (unpaired) electrons. The van der Waals surface area contributed by atoms with Crippen LogP contribution < -0.4 is 5.32 Å². The van der Waals surface area contributed by atoms with Gasteiger partial charge < -0.3 is 10.2 Å². The van der Waals surface area contributed by atoms with Crippen molar-refractivity contribution in [3.05, 3.63) is 111 Å². The van der Waals surface area contributed by atoms with Crippen LogP contribution in [0.5, 0.6) is 0 Å². The summed E-state index contributed by atoms with van der Waals surface area (Å²) in [5.74, 6) is -1.10. The smallest absolute Gasteiger partial charge is 0.283 e. The molecule has 0 aliphatic rings. The van der Waals surface area contributed by atoms with Gasteiger partial charge in [-0.2, -0.15) is 0 Å². The third-order valence-corrected chi connectivity index (χ3v) is 4.92. The Labute approximate surface area is 184 Å². The molecule has 3 aromatic carbocycles. The van der Waals surface area contributed by atoms with Crippen LogP contribution in [-0.2, 0) is 17.9 Å². The molecule has 3 rings (SSSR count). The van der Waals surface area contributed by atoms with E-state index in [4.69, 9.17) is 11.6 Å². The summed E-state index contributed by atoms with van der Waals surface area (Å²) in [4.78, 5) is 37.7. The van der Waals surface area contributed by atoms with Crippen molar-refractivity contribution < 1.29 is 14.5 Å². The summed E-state index contributed by atoms with van der Waals surface area (Å²) in [6.45, 7) is 0.397. The lowest BCUT2D eigenvalue weighted by atomic mass is 10.1. The normalized spacial score (nSPS) is 10.4. The second kappa shape index (κ2) is 10.4.